The van der Waals surface area contributed by atoms with Crippen LogP contribution in [0.4, 0.5) is 5.69 Å². The Morgan fingerprint density at radius 3 is 2.45 bits per heavy atom. The van der Waals surface area contributed by atoms with E-state index in [0.717, 1.165) is 17.3 Å². The number of rotatable bonds is 6. The lowest BCUT2D eigenvalue weighted by atomic mass is 9.81. The van der Waals surface area contributed by atoms with Crippen LogP contribution in [0.2, 0.25) is 0 Å². The maximum Gasteiger partial charge on any atom is 0.231 e. The van der Waals surface area contributed by atoms with Crippen molar-refractivity contribution in [3.8, 4) is 5.75 Å². The number of anilines is 1. The Balaban J connectivity index is 0.00000361. The van der Waals surface area contributed by atoms with Gasteiger partial charge in [0.1, 0.15) is 5.75 Å². The molecule has 114 valence electrons. The lowest BCUT2D eigenvalue weighted by Gasteiger charge is -2.28. The van der Waals surface area contributed by atoms with Crippen LogP contribution >= 0.6 is 28.3 Å². The Labute approximate surface area is 135 Å². The molecule has 4 nitrogen and oxygen atoms in total. The Morgan fingerprint density at radius 2 is 2.00 bits per heavy atom. The molecule has 0 aliphatic rings. The van der Waals surface area contributed by atoms with Crippen LogP contribution in [-0.2, 0) is 4.79 Å². The normalized spacial score (nSPS) is 10.7. The van der Waals surface area contributed by atoms with Gasteiger partial charge in [-0.3, -0.25) is 4.79 Å². The summed E-state index contributed by atoms with van der Waals surface area (Å²) in [5, 5.41) is 2.92. The van der Waals surface area contributed by atoms with Crippen molar-refractivity contribution < 1.29 is 9.53 Å². The summed E-state index contributed by atoms with van der Waals surface area (Å²) in [4.78, 5) is 12.4. The van der Waals surface area contributed by atoms with Gasteiger partial charge in [-0.25, -0.2) is 0 Å². The van der Waals surface area contributed by atoms with E-state index in [-0.39, 0.29) is 18.3 Å². The highest BCUT2D eigenvalue weighted by Crippen LogP contribution is 2.30. The van der Waals surface area contributed by atoms with Gasteiger partial charge >= 0.3 is 0 Å². The van der Waals surface area contributed by atoms with Crippen molar-refractivity contribution in [2.45, 2.75) is 26.7 Å². The summed E-state index contributed by atoms with van der Waals surface area (Å²) in [6.45, 7) is 4.32. The lowest BCUT2D eigenvalue weighted by molar-refractivity contribution is -0.125. The zero-order chi connectivity index (χ0) is 14.5. The third-order valence-electron chi connectivity index (χ3n) is 3.63. The molecule has 3 N–H and O–H groups in total. The second-order valence-electron chi connectivity index (χ2n) is 4.50. The van der Waals surface area contributed by atoms with Gasteiger partial charge in [0.15, 0.2) is 0 Å². The first-order valence-corrected chi connectivity index (χ1v) is 7.17. The van der Waals surface area contributed by atoms with Crippen molar-refractivity contribution in [2.75, 3.05) is 19.0 Å². The number of amides is 1. The number of carbonyl (C=O) groups excluding carboxylic acids is 1. The van der Waals surface area contributed by atoms with Crippen molar-refractivity contribution in [2.24, 2.45) is 11.1 Å². The minimum absolute atomic E-state index is 0. The van der Waals surface area contributed by atoms with Crippen molar-refractivity contribution in [3.05, 3.63) is 22.7 Å². The molecule has 0 heterocycles. The Bertz CT molecular complexity index is 443. The van der Waals surface area contributed by atoms with Crippen molar-refractivity contribution >= 4 is 39.9 Å². The SMILES string of the molecule is CCC(CC)(CN)C(=O)Nc1ccc(Br)c(OC)c1.Cl. The fourth-order valence-corrected chi connectivity index (χ4v) is 2.36. The van der Waals surface area contributed by atoms with Gasteiger partial charge in [0.05, 0.1) is 17.0 Å². The van der Waals surface area contributed by atoms with E-state index in [9.17, 15) is 4.79 Å². The predicted octanol–water partition coefficient (Wildman–Crippen LogP) is 3.58. The van der Waals surface area contributed by atoms with Crippen LogP contribution in [0.3, 0.4) is 0 Å². The number of ether oxygens (including phenoxy) is 1. The number of benzene rings is 1. The molecule has 1 amide bonds. The first-order chi connectivity index (χ1) is 9.02. The summed E-state index contributed by atoms with van der Waals surface area (Å²) < 4.78 is 6.06. The van der Waals surface area contributed by atoms with E-state index in [4.69, 9.17) is 10.5 Å². The van der Waals surface area contributed by atoms with Crippen molar-refractivity contribution in [1.82, 2.24) is 0 Å². The topological polar surface area (TPSA) is 64.4 Å². The second kappa shape index (κ2) is 8.49. The zero-order valence-electron chi connectivity index (χ0n) is 12.0. The molecule has 0 fully saturated rings. The van der Waals surface area contributed by atoms with Crippen molar-refractivity contribution in [3.63, 3.8) is 0 Å². The van der Waals surface area contributed by atoms with Crippen molar-refractivity contribution in [1.29, 1.82) is 0 Å². The van der Waals surface area contributed by atoms with E-state index in [2.05, 4.69) is 21.2 Å². The van der Waals surface area contributed by atoms with Gasteiger partial charge in [-0.05, 0) is 40.9 Å². The van der Waals surface area contributed by atoms with Gasteiger partial charge < -0.3 is 15.8 Å². The van der Waals surface area contributed by atoms with Gasteiger partial charge in [-0.1, -0.05) is 13.8 Å². The summed E-state index contributed by atoms with van der Waals surface area (Å²) in [7, 11) is 1.59. The molecule has 1 aromatic carbocycles. The monoisotopic (exact) mass is 364 g/mol. The van der Waals surface area contributed by atoms with Gasteiger partial charge in [0.2, 0.25) is 5.91 Å². The molecule has 0 unspecified atom stereocenters. The lowest BCUT2D eigenvalue weighted by Crippen LogP contribution is -2.41. The fraction of sp³-hybridized carbons (Fsp3) is 0.500. The molecule has 0 aliphatic carbocycles. The van der Waals surface area contributed by atoms with Crippen LogP contribution in [0, 0.1) is 5.41 Å². The molecular weight excluding hydrogens is 344 g/mol. The molecule has 0 aliphatic heterocycles. The number of carbonyl (C=O) groups is 1. The number of nitrogens with one attached hydrogen (secondary N) is 1. The van der Waals surface area contributed by atoms with Gasteiger partial charge in [-0.15, -0.1) is 12.4 Å². The molecule has 0 saturated heterocycles. The molecule has 0 atom stereocenters. The first-order valence-electron chi connectivity index (χ1n) is 6.38. The average molecular weight is 366 g/mol. The van der Waals surface area contributed by atoms with Crippen LogP contribution in [0.5, 0.6) is 5.75 Å². The quantitative estimate of drug-likeness (QED) is 0.810. The molecule has 1 rings (SSSR count). The zero-order valence-corrected chi connectivity index (χ0v) is 14.4. The maximum absolute atomic E-state index is 12.4. The smallest absolute Gasteiger partial charge is 0.231 e. The van der Waals surface area contributed by atoms with Crippen LogP contribution in [-0.4, -0.2) is 19.6 Å². The molecule has 0 aromatic heterocycles. The van der Waals surface area contributed by atoms with Gasteiger partial charge in [0.25, 0.3) is 0 Å². The predicted molar refractivity (Wildman–Crippen MR) is 88.6 cm³/mol. The molecule has 6 heteroatoms. The van der Waals surface area contributed by atoms with Crippen LogP contribution < -0.4 is 15.8 Å². The standard InChI is InChI=1S/C14H21BrN2O2.ClH/c1-4-14(5-2,9-16)13(18)17-10-6-7-11(15)12(8-10)19-3;/h6-8H,4-5,9,16H2,1-3H3,(H,17,18);1H. The molecular formula is C14H22BrClN2O2. The number of nitrogens with two attached hydrogens (primary N) is 1. The number of hydrogen-bond donors (Lipinski definition) is 2. The van der Waals surface area contributed by atoms with E-state index in [1.54, 1.807) is 13.2 Å². The van der Waals surface area contributed by atoms with E-state index < -0.39 is 5.41 Å². The first kappa shape index (κ1) is 19.2. The largest absolute Gasteiger partial charge is 0.495 e. The Kier molecular flexibility index (Phi) is 8.16. The minimum Gasteiger partial charge on any atom is -0.495 e. The third-order valence-corrected chi connectivity index (χ3v) is 4.29. The van der Waals surface area contributed by atoms with Gasteiger partial charge in [-0.2, -0.15) is 0 Å². The summed E-state index contributed by atoms with van der Waals surface area (Å²) in [6.07, 6.45) is 1.44. The maximum atomic E-state index is 12.4. The molecule has 0 radical (unpaired) electrons. The summed E-state index contributed by atoms with van der Waals surface area (Å²) in [6, 6.07) is 5.46. The molecule has 0 saturated carbocycles. The minimum atomic E-state index is -0.500. The Hall–Kier alpha value is -0.780. The van der Waals surface area contributed by atoms with E-state index in [1.807, 2.05) is 26.0 Å². The average Bonchev–Trinajstić information content (AvgIpc) is 2.43. The van der Waals surface area contributed by atoms with E-state index >= 15 is 0 Å². The molecule has 0 spiro atoms. The summed E-state index contributed by atoms with van der Waals surface area (Å²) in [5.74, 6) is 0.647. The second-order valence-corrected chi connectivity index (χ2v) is 5.35. The van der Waals surface area contributed by atoms with Crippen LogP contribution in [0.15, 0.2) is 22.7 Å². The van der Waals surface area contributed by atoms with E-state index in [0.29, 0.717) is 18.0 Å². The number of hydrogen-bond acceptors (Lipinski definition) is 3. The van der Waals surface area contributed by atoms with Crippen LogP contribution in [0.1, 0.15) is 26.7 Å². The number of halogens is 2. The fourth-order valence-electron chi connectivity index (χ4n) is 1.95. The molecule has 0 bridgehead atoms. The Morgan fingerprint density at radius 1 is 1.40 bits per heavy atom. The highest BCUT2D eigenvalue weighted by Gasteiger charge is 2.33. The molecule has 20 heavy (non-hydrogen) atoms. The van der Waals surface area contributed by atoms with E-state index in [1.165, 1.54) is 0 Å². The van der Waals surface area contributed by atoms with Crippen LogP contribution in [0.25, 0.3) is 0 Å². The highest BCUT2D eigenvalue weighted by molar-refractivity contribution is 9.10. The van der Waals surface area contributed by atoms with Gasteiger partial charge in [0, 0.05) is 18.3 Å². The summed E-state index contributed by atoms with van der Waals surface area (Å²) in [5.41, 5.74) is 5.98. The molecule has 1 aromatic rings. The summed E-state index contributed by atoms with van der Waals surface area (Å²) >= 11 is 3.38. The highest BCUT2D eigenvalue weighted by atomic mass is 79.9. The number of methoxy groups -OCH3 is 1. The third kappa shape index (κ3) is 4.11.